The largest absolute Gasteiger partial charge is 0.494 e. The minimum atomic E-state index is -0.424. The smallest absolute Gasteiger partial charge is 0.238 e. The van der Waals surface area contributed by atoms with Crippen LogP contribution in [0.25, 0.3) is 0 Å². The van der Waals surface area contributed by atoms with Crippen molar-refractivity contribution >= 4 is 5.91 Å². The number of nitrogens with zero attached hydrogens (tertiary/aromatic N) is 1. The Kier molecular flexibility index (Phi) is 3.82. The molecular formula is C15H19FN2O3. The second-order valence-electron chi connectivity index (χ2n) is 5.41. The van der Waals surface area contributed by atoms with Crippen LogP contribution in [0.15, 0.2) is 18.2 Å². The Labute approximate surface area is 123 Å². The summed E-state index contributed by atoms with van der Waals surface area (Å²) in [6, 6.07) is 4.82. The van der Waals surface area contributed by atoms with Gasteiger partial charge in [-0.25, -0.2) is 4.39 Å². The molecule has 1 amide bonds. The van der Waals surface area contributed by atoms with Gasteiger partial charge >= 0.3 is 0 Å². The summed E-state index contributed by atoms with van der Waals surface area (Å²) in [6.07, 6.45) is 0.496. The van der Waals surface area contributed by atoms with Gasteiger partial charge in [0.05, 0.1) is 25.8 Å². The quantitative estimate of drug-likeness (QED) is 0.916. The van der Waals surface area contributed by atoms with Crippen LogP contribution in [0.3, 0.4) is 0 Å². The van der Waals surface area contributed by atoms with Crippen LogP contribution < -0.4 is 10.1 Å². The van der Waals surface area contributed by atoms with Crippen molar-refractivity contribution in [3.63, 3.8) is 0 Å². The van der Waals surface area contributed by atoms with Crippen molar-refractivity contribution in [2.45, 2.75) is 31.7 Å². The molecule has 1 aromatic carbocycles. The molecule has 21 heavy (non-hydrogen) atoms. The predicted molar refractivity (Wildman–Crippen MR) is 74.4 cm³/mol. The molecular weight excluding hydrogens is 275 g/mol. The van der Waals surface area contributed by atoms with Crippen LogP contribution in [0.1, 0.15) is 25.1 Å². The molecule has 2 aliphatic rings. The highest BCUT2D eigenvalue weighted by Crippen LogP contribution is 2.32. The van der Waals surface area contributed by atoms with Crippen molar-refractivity contribution in [3.8, 4) is 5.75 Å². The SMILES string of the molecule is COc1ccc(C2NCC(=O)N2C2CCOC2C)cc1F. The van der Waals surface area contributed by atoms with Gasteiger partial charge in [0.25, 0.3) is 0 Å². The van der Waals surface area contributed by atoms with Gasteiger partial charge < -0.3 is 14.4 Å². The van der Waals surface area contributed by atoms with Crippen LogP contribution in [-0.4, -0.2) is 43.2 Å². The lowest BCUT2D eigenvalue weighted by Gasteiger charge is -2.32. The third kappa shape index (κ3) is 2.49. The number of rotatable bonds is 3. The van der Waals surface area contributed by atoms with Crippen LogP contribution in [0, 0.1) is 5.82 Å². The van der Waals surface area contributed by atoms with Gasteiger partial charge in [-0.3, -0.25) is 10.1 Å². The van der Waals surface area contributed by atoms with E-state index in [4.69, 9.17) is 9.47 Å². The van der Waals surface area contributed by atoms with E-state index in [0.29, 0.717) is 6.61 Å². The zero-order chi connectivity index (χ0) is 15.0. The van der Waals surface area contributed by atoms with Crippen LogP contribution in [-0.2, 0) is 9.53 Å². The lowest BCUT2D eigenvalue weighted by molar-refractivity contribution is -0.131. The fraction of sp³-hybridized carbons (Fsp3) is 0.533. The highest BCUT2D eigenvalue weighted by atomic mass is 19.1. The molecule has 3 atom stereocenters. The Bertz CT molecular complexity index is 552. The second kappa shape index (κ2) is 5.61. The minimum absolute atomic E-state index is 0.000514. The van der Waals surface area contributed by atoms with E-state index in [1.807, 2.05) is 6.92 Å². The summed E-state index contributed by atoms with van der Waals surface area (Å²) in [7, 11) is 1.43. The van der Waals surface area contributed by atoms with E-state index >= 15 is 0 Å². The van der Waals surface area contributed by atoms with E-state index in [-0.39, 0.29) is 36.5 Å². The topological polar surface area (TPSA) is 50.8 Å². The van der Waals surface area contributed by atoms with Crippen molar-refractivity contribution in [3.05, 3.63) is 29.6 Å². The third-order valence-electron chi connectivity index (χ3n) is 4.20. The van der Waals surface area contributed by atoms with Gasteiger partial charge in [0.1, 0.15) is 6.17 Å². The Balaban J connectivity index is 1.89. The maximum absolute atomic E-state index is 13.9. The van der Waals surface area contributed by atoms with E-state index in [1.54, 1.807) is 17.0 Å². The molecule has 1 aromatic rings. The van der Waals surface area contributed by atoms with Crippen LogP contribution in [0.4, 0.5) is 4.39 Å². The fourth-order valence-corrected chi connectivity index (χ4v) is 3.11. The van der Waals surface area contributed by atoms with Gasteiger partial charge in [0.15, 0.2) is 11.6 Å². The Morgan fingerprint density at radius 3 is 2.90 bits per heavy atom. The Hall–Kier alpha value is -1.66. The second-order valence-corrected chi connectivity index (χ2v) is 5.41. The summed E-state index contributed by atoms with van der Waals surface area (Å²) >= 11 is 0. The van der Waals surface area contributed by atoms with Gasteiger partial charge in [0.2, 0.25) is 5.91 Å². The molecule has 1 N–H and O–H groups in total. The van der Waals surface area contributed by atoms with Crippen LogP contribution in [0.5, 0.6) is 5.75 Å². The minimum Gasteiger partial charge on any atom is -0.494 e. The zero-order valence-corrected chi connectivity index (χ0v) is 12.1. The molecule has 5 nitrogen and oxygen atoms in total. The average Bonchev–Trinajstić information content (AvgIpc) is 3.04. The molecule has 6 heteroatoms. The number of halogens is 1. The monoisotopic (exact) mass is 294 g/mol. The number of carbonyl (C=O) groups excluding carboxylic acids is 1. The first-order valence-corrected chi connectivity index (χ1v) is 7.11. The molecule has 114 valence electrons. The Morgan fingerprint density at radius 1 is 1.48 bits per heavy atom. The molecule has 0 aromatic heterocycles. The normalized spacial score (nSPS) is 29.2. The van der Waals surface area contributed by atoms with Crippen molar-refractivity contribution in [2.24, 2.45) is 0 Å². The summed E-state index contributed by atoms with van der Waals surface area (Å²) in [6.45, 7) is 2.88. The van der Waals surface area contributed by atoms with Gasteiger partial charge in [-0.05, 0) is 31.0 Å². The van der Waals surface area contributed by atoms with Crippen molar-refractivity contribution < 1.29 is 18.7 Å². The van der Waals surface area contributed by atoms with Crippen LogP contribution in [0.2, 0.25) is 0 Å². The molecule has 2 heterocycles. The molecule has 2 saturated heterocycles. The maximum Gasteiger partial charge on any atom is 0.238 e. The standard InChI is InChI=1S/C15H19FN2O3/c1-9-12(5-6-21-9)18-14(19)8-17-15(18)10-3-4-13(20-2)11(16)7-10/h3-4,7,9,12,15,17H,5-6,8H2,1-2H3. The molecule has 3 unspecified atom stereocenters. The molecule has 0 aliphatic carbocycles. The lowest BCUT2D eigenvalue weighted by Crippen LogP contribution is -2.43. The molecule has 0 spiro atoms. The van der Waals surface area contributed by atoms with Gasteiger partial charge in [-0.2, -0.15) is 0 Å². The van der Waals surface area contributed by atoms with E-state index in [9.17, 15) is 9.18 Å². The summed E-state index contributed by atoms with van der Waals surface area (Å²) < 4.78 is 24.4. The number of ether oxygens (including phenoxy) is 2. The maximum atomic E-state index is 13.9. The van der Waals surface area contributed by atoms with E-state index in [2.05, 4.69) is 5.32 Å². The van der Waals surface area contributed by atoms with Gasteiger partial charge in [0, 0.05) is 6.61 Å². The first-order valence-electron chi connectivity index (χ1n) is 7.11. The summed E-state index contributed by atoms with van der Waals surface area (Å²) in [5.41, 5.74) is 0.721. The number of methoxy groups -OCH3 is 1. The predicted octanol–water partition coefficient (Wildman–Crippen LogP) is 1.44. The average molecular weight is 294 g/mol. The zero-order valence-electron chi connectivity index (χ0n) is 12.1. The first-order chi connectivity index (χ1) is 10.1. The van der Waals surface area contributed by atoms with Crippen molar-refractivity contribution in [1.82, 2.24) is 10.2 Å². The third-order valence-corrected chi connectivity index (χ3v) is 4.20. The number of nitrogens with one attached hydrogen (secondary N) is 1. The van der Waals surface area contributed by atoms with Crippen molar-refractivity contribution in [1.29, 1.82) is 0 Å². The number of hydrogen-bond donors (Lipinski definition) is 1. The highest BCUT2D eigenvalue weighted by Gasteiger charge is 2.41. The van der Waals surface area contributed by atoms with Crippen LogP contribution >= 0.6 is 0 Å². The highest BCUT2D eigenvalue weighted by molar-refractivity contribution is 5.81. The molecule has 2 fully saturated rings. The Morgan fingerprint density at radius 2 is 2.29 bits per heavy atom. The lowest BCUT2D eigenvalue weighted by atomic mass is 10.1. The number of hydrogen-bond acceptors (Lipinski definition) is 4. The van der Waals surface area contributed by atoms with E-state index < -0.39 is 5.82 Å². The first kappa shape index (κ1) is 14.3. The molecule has 0 bridgehead atoms. The molecule has 0 radical (unpaired) electrons. The van der Waals surface area contributed by atoms with Gasteiger partial charge in [-0.1, -0.05) is 6.07 Å². The molecule has 3 rings (SSSR count). The number of carbonyl (C=O) groups is 1. The van der Waals surface area contributed by atoms with Gasteiger partial charge in [-0.15, -0.1) is 0 Å². The summed E-state index contributed by atoms with van der Waals surface area (Å²) in [4.78, 5) is 14.0. The van der Waals surface area contributed by atoms with E-state index in [0.717, 1.165) is 12.0 Å². The fourth-order valence-electron chi connectivity index (χ4n) is 3.11. The molecule has 2 aliphatic heterocycles. The summed E-state index contributed by atoms with van der Waals surface area (Å²) in [5.74, 6) is -0.197. The summed E-state index contributed by atoms with van der Waals surface area (Å²) in [5, 5.41) is 3.15. The number of amides is 1. The number of benzene rings is 1. The molecule has 0 saturated carbocycles. The van der Waals surface area contributed by atoms with E-state index in [1.165, 1.54) is 13.2 Å². The van der Waals surface area contributed by atoms with Crippen molar-refractivity contribution in [2.75, 3.05) is 20.3 Å².